The van der Waals surface area contributed by atoms with Crippen LogP contribution in [-0.4, -0.2) is 35.9 Å². The predicted molar refractivity (Wildman–Crippen MR) is 96.0 cm³/mol. The third-order valence-electron chi connectivity index (χ3n) is 3.47. The second kappa shape index (κ2) is 7.87. The fourth-order valence-corrected chi connectivity index (χ4v) is 3.53. The topological polar surface area (TPSA) is 76.7 Å². The molecule has 0 aromatic carbocycles. The van der Waals surface area contributed by atoms with Gasteiger partial charge in [0, 0.05) is 22.7 Å². The van der Waals surface area contributed by atoms with Gasteiger partial charge in [0.2, 0.25) is 5.82 Å². The highest BCUT2D eigenvalue weighted by Gasteiger charge is 2.16. The summed E-state index contributed by atoms with van der Waals surface area (Å²) in [6, 6.07) is 3.94. The van der Waals surface area contributed by atoms with Crippen LogP contribution in [0.3, 0.4) is 0 Å². The van der Waals surface area contributed by atoms with Gasteiger partial charge in [0.25, 0.3) is 0 Å². The number of thioether (sulfide) groups is 1. The normalized spacial score (nSPS) is 12.5. The Balaban J connectivity index is 1.83. The number of rotatable bonds is 7. The molecule has 3 aromatic rings. The van der Waals surface area contributed by atoms with E-state index in [0.717, 1.165) is 21.4 Å². The van der Waals surface area contributed by atoms with E-state index in [1.54, 1.807) is 40.2 Å². The zero-order valence-corrected chi connectivity index (χ0v) is 15.2. The van der Waals surface area contributed by atoms with Gasteiger partial charge in [0.15, 0.2) is 0 Å². The van der Waals surface area contributed by atoms with Crippen LogP contribution in [0.15, 0.2) is 34.8 Å². The monoisotopic (exact) mass is 361 g/mol. The third kappa shape index (κ3) is 4.19. The van der Waals surface area contributed by atoms with Gasteiger partial charge in [-0.1, -0.05) is 6.92 Å². The van der Waals surface area contributed by atoms with Crippen molar-refractivity contribution >= 4 is 23.1 Å². The molecule has 3 rings (SSSR count). The summed E-state index contributed by atoms with van der Waals surface area (Å²) in [5.41, 5.74) is 0.789. The van der Waals surface area contributed by atoms with E-state index in [2.05, 4.69) is 20.1 Å². The van der Waals surface area contributed by atoms with E-state index < -0.39 is 6.10 Å². The molecule has 0 aliphatic carbocycles. The van der Waals surface area contributed by atoms with Crippen LogP contribution in [0.2, 0.25) is 0 Å². The van der Waals surface area contributed by atoms with Crippen molar-refractivity contribution in [2.24, 2.45) is 0 Å². The number of aliphatic hydroxyl groups is 1. The molecule has 0 amide bonds. The molecule has 3 heterocycles. The molecule has 0 spiro atoms. The van der Waals surface area contributed by atoms with E-state index in [4.69, 9.17) is 0 Å². The molecule has 126 valence electrons. The highest BCUT2D eigenvalue weighted by molar-refractivity contribution is 7.98. The summed E-state index contributed by atoms with van der Waals surface area (Å²) in [7, 11) is 0. The van der Waals surface area contributed by atoms with Gasteiger partial charge in [-0.15, -0.1) is 28.2 Å². The van der Waals surface area contributed by atoms with Crippen molar-refractivity contribution in [1.82, 2.24) is 24.7 Å². The maximum atomic E-state index is 9.99. The Morgan fingerprint density at radius 1 is 1.29 bits per heavy atom. The minimum absolute atomic E-state index is 0.429. The quantitative estimate of drug-likeness (QED) is 0.651. The van der Waals surface area contributed by atoms with Gasteiger partial charge in [-0.25, -0.2) is 14.6 Å². The Kier molecular flexibility index (Phi) is 5.60. The molecule has 1 N–H and O–H groups in total. The summed E-state index contributed by atoms with van der Waals surface area (Å²) in [5, 5.41) is 17.5. The Hall–Kier alpha value is -1.77. The lowest BCUT2D eigenvalue weighted by molar-refractivity contribution is 0.144. The maximum Gasteiger partial charge on any atom is 0.200 e. The lowest BCUT2D eigenvalue weighted by atomic mass is 10.3. The highest BCUT2D eigenvalue weighted by atomic mass is 32.2. The number of aliphatic hydroxyl groups excluding tert-OH is 1. The number of hydrogen-bond acceptors (Lipinski definition) is 7. The van der Waals surface area contributed by atoms with Crippen LogP contribution in [0.5, 0.6) is 0 Å². The van der Waals surface area contributed by atoms with Crippen LogP contribution in [0.25, 0.3) is 11.5 Å². The molecule has 8 heteroatoms. The van der Waals surface area contributed by atoms with E-state index >= 15 is 0 Å². The summed E-state index contributed by atoms with van der Waals surface area (Å²) >= 11 is 3.25. The number of hydrogen-bond donors (Lipinski definition) is 1. The predicted octanol–water partition coefficient (Wildman–Crippen LogP) is 3.17. The molecular weight excluding hydrogens is 342 g/mol. The van der Waals surface area contributed by atoms with Crippen molar-refractivity contribution in [2.45, 2.75) is 43.6 Å². The smallest absolute Gasteiger partial charge is 0.200 e. The standard InChI is InChI=1S/C16H19N5OS2/c1-3-12(22)8-21-15(10-24-13-4-6-17-7-5-13)19-16(20-21)14-9-23-11(2)18-14/h4-7,9,12,22H,3,8,10H2,1-2H3/t12-/m1/s1. The van der Waals surface area contributed by atoms with Gasteiger partial charge in [0.1, 0.15) is 11.5 Å². The van der Waals surface area contributed by atoms with Crippen molar-refractivity contribution < 1.29 is 5.11 Å². The first kappa shape index (κ1) is 17.1. The summed E-state index contributed by atoms with van der Waals surface area (Å²) in [5.74, 6) is 2.13. The van der Waals surface area contributed by atoms with Gasteiger partial charge in [-0.3, -0.25) is 4.98 Å². The third-order valence-corrected chi connectivity index (χ3v) is 5.25. The first-order valence-corrected chi connectivity index (χ1v) is 9.59. The van der Waals surface area contributed by atoms with Crippen molar-refractivity contribution in [3.63, 3.8) is 0 Å². The minimum Gasteiger partial charge on any atom is -0.391 e. The molecule has 0 unspecified atom stereocenters. The summed E-state index contributed by atoms with van der Waals surface area (Å²) in [6.07, 6.45) is 3.80. The van der Waals surface area contributed by atoms with E-state index in [0.29, 0.717) is 24.5 Å². The summed E-state index contributed by atoms with van der Waals surface area (Å²) in [4.78, 5) is 14.3. The number of aromatic nitrogens is 5. The molecule has 0 saturated heterocycles. The summed E-state index contributed by atoms with van der Waals surface area (Å²) in [6.45, 7) is 4.36. The van der Waals surface area contributed by atoms with Crippen molar-refractivity contribution in [3.05, 3.63) is 40.7 Å². The zero-order valence-electron chi connectivity index (χ0n) is 13.6. The zero-order chi connectivity index (χ0) is 16.9. The largest absolute Gasteiger partial charge is 0.391 e. The fourth-order valence-electron chi connectivity index (χ4n) is 2.11. The molecule has 0 aliphatic heterocycles. The summed E-state index contributed by atoms with van der Waals surface area (Å²) < 4.78 is 1.80. The van der Waals surface area contributed by atoms with Gasteiger partial charge in [-0.05, 0) is 25.5 Å². The lowest BCUT2D eigenvalue weighted by Gasteiger charge is -2.09. The molecule has 0 bridgehead atoms. The molecule has 0 aliphatic rings. The Bertz CT molecular complexity index is 787. The number of pyridine rings is 1. The molecule has 0 fully saturated rings. The van der Waals surface area contributed by atoms with Crippen molar-refractivity contribution in [3.8, 4) is 11.5 Å². The first-order chi connectivity index (χ1) is 11.7. The molecule has 6 nitrogen and oxygen atoms in total. The molecule has 1 atom stereocenters. The van der Waals surface area contributed by atoms with Gasteiger partial charge in [-0.2, -0.15) is 0 Å². The van der Waals surface area contributed by atoms with Gasteiger partial charge in [0.05, 0.1) is 23.4 Å². The fraction of sp³-hybridized carbons (Fsp3) is 0.375. The van der Waals surface area contributed by atoms with Crippen LogP contribution in [0.1, 0.15) is 24.2 Å². The van der Waals surface area contributed by atoms with Gasteiger partial charge < -0.3 is 5.11 Å². The molecule has 0 saturated carbocycles. The van der Waals surface area contributed by atoms with Crippen molar-refractivity contribution in [1.29, 1.82) is 0 Å². The maximum absolute atomic E-state index is 9.99. The lowest BCUT2D eigenvalue weighted by Crippen LogP contribution is -2.17. The Labute approximate surface area is 149 Å². The van der Waals surface area contributed by atoms with Crippen molar-refractivity contribution in [2.75, 3.05) is 0 Å². The number of nitrogens with zero attached hydrogens (tertiary/aromatic N) is 5. The average Bonchev–Trinajstić information content (AvgIpc) is 3.20. The SMILES string of the molecule is CC[C@@H](O)Cn1nc(-c2csc(C)n2)nc1CSc1ccncc1. The second-order valence-electron chi connectivity index (χ2n) is 5.32. The van der Waals surface area contributed by atoms with Crippen LogP contribution in [0, 0.1) is 6.92 Å². The van der Waals surface area contributed by atoms with Gasteiger partial charge >= 0.3 is 0 Å². The molecule has 24 heavy (non-hydrogen) atoms. The number of aryl methyl sites for hydroxylation is 1. The first-order valence-electron chi connectivity index (χ1n) is 7.72. The Morgan fingerprint density at radius 3 is 2.75 bits per heavy atom. The van der Waals surface area contributed by atoms with E-state index in [1.807, 2.05) is 31.4 Å². The van der Waals surface area contributed by atoms with Crippen LogP contribution in [-0.2, 0) is 12.3 Å². The van der Waals surface area contributed by atoms with E-state index in [-0.39, 0.29) is 0 Å². The van der Waals surface area contributed by atoms with Crippen LogP contribution < -0.4 is 0 Å². The molecular formula is C16H19N5OS2. The Morgan fingerprint density at radius 2 is 2.08 bits per heavy atom. The average molecular weight is 361 g/mol. The minimum atomic E-state index is -0.429. The van der Waals surface area contributed by atoms with E-state index in [9.17, 15) is 5.11 Å². The highest BCUT2D eigenvalue weighted by Crippen LogP contribution is 2.24. The number of thiazole rings is 1. The second-order valence-corrected chi connectivity index (χ2v) is 7.43. The molecule has 0 radical (unpaired) electrons. The van der Waals surface area contributed by atoms with E-state index in [1.165, 1.54) is 0 Å². The van der Waals surface area contributed by atoms with Crippen LogP contribution in [0.4, 0.5) is 0 Å². The molecule has 3 aromatic heterocycles. The van der Waals surface area contributed by atoms with Crippen LogP contribution >= 0.6 is 23.1 Å².